The molecule has 204 valence electrons. The number of pyridine rings is 1. The second kappa shape index (κ2) is 9.80. The van der Waals surface area contributed by atoms with Gasteiger partial charge in [0.05, 0.1) is 42.6 Å². The predicted molar refractivity (Wildman–Crippen MR) is 144 cm³/mol. The SMILES string of the molecule is COCC1CC2COc3c(Sc4cnc(N5CCC6(CC5)COC5(CCC5)C6)c(CO)n4)ccnc3N2C1. The zero-order valence-electron chi connectivity index (χ0n) is 22.1. The maximum Gasteiger partial charge on any atom is 0.175 e. The standard InChI is InChI=1S/C28H37N5O4S/c1-35-15-19-11-20-16-36-24-22(3-8-29-26(24)33(20)13-19)38-23-12-30-25(21(14-34)31-23)32-9-6-27(7-10-32)17-28(37-18-27)4-2-5-28/h3,8,12,19-20,34H,2,4-7,9-11,13-18H2,1H3. The first kappa shape index (κ1) is 24.9. The number of piperidine rings is 1. The minimum atomic E-state index is -0.133. The molecule has 5 aliphatic rings. The van der Waals surface area contributed by atoms with Crippen LogP contribution in [0.4, 0.5) is 11.6 Å². The number of fused-ring (bicyclic) bond motifs is 3. The summed E-state index contributed by atoms with van der Waals surface area (Å²) in [5, 5.41) is 11.0. The molecule has 0 amide bonds. The van der Waals surface area contributed by atoms with Gasteiger partial charge in [-0.1, -0.05) is 11.8 Å². The van der Waals surface area contributed by atoms with Crippen LogP contribution in [-0.4, -0.2) is 78.3 Å². The van der Waals surface area contributed by atoms with Gasteiger partial charge in [0.25, 0.3) is 0 Å². The van der Waals surface area contributed by atoms with E-state index in [2.05, 4.69) is 14.8 Å². The summed E-state index contributed by atoms with van der Waals surface area (Å²) in [6, 6.07) is 2.32. The molecule has 4 aliphatic heterocycles. The van der Waals surface area contributed by atoms with Crippen LogP contribution in [0.3, 0.4) is 0 Å². The van der Waals surface area contributed by atoms with Gasteiger partial charge in [-0.3, -0.25) is 0 Å². The van der Waals surface area contributed by atoms with Crippen molar-refractivity contribution in [3.05, 3.63) is 24.2 Å². The maximum atomic E-state index is 10.2. The van der Waals surface area contributed by atoms with E-state index in [1.54, 1.807) is 7.11 Å². The summed E-state index contributed by atoms with van der Waals surface area (Å²) < 4.78 is 17.9. The molecule has 6 heterocycles. The van der Waals surface area contributed by atoms with Gasteiger partial charge in [0, 0.05) is 38.9 Å². The Bertz CT molecular complexity index is 1190. The largest absolute Gasteiger partial charge is 0.486 e. The normalized spacial score (nSPS) is 26.8. The van der Waals surface area contributed by atoms with Crippen LogP contribution in [0.5, 0.6) is 5.75 Å². The monoisotopic (exact) mass is 539 g/mol. The Balaban J connectivity index is 1.05. The third-order valence-corrected chi connectivity index (χ3v) is 10.3. The third-order valence-electron chi connectivity index (χ3n) is 9.38. The number of hydrogen-bond donors (Lipinski definition) is 1. The third kappa shape index (κ3) is 4.33. The van der Waals surface area contributed by atoms with E-state index in [1.807, 2.05) is 18.5 Å². The van der Waals surface area contributed by atoms with E-state index in [0.29, 0.717) is 29.7 Å². The zero-order chi connectivity index (χ0) is 25.7. The Morgan fingerprint density at radius 2 is 2.05 bits per heavy atom. The number of nitrogens with zero attached hydrogens (tertiary/aromatic N) is 5. The molecule has 1 N–H and O–H groups in total. The molecular weight excluding hydrogens is 502 g/mol. The van der Waals surface area contributed by atoms with Gasteiger partial charge in [-0.2, -0.15) is 0 Å². The van der Waals surface area contributed by atoms with E-state index < -0.39 is 0 Å². The first-order chi connectivity index (χ1) is 18.6. The minimum Gasteiger partial charge on any atom is -0.486 e. The first-order valence-electron chi connectivity index (χ1n) is 14.0. The predicted octanol–water partition coefficient (Wildman–Crippen LogP) is 3.68. The van der Waals surface area contributed by atoms with Gasteiger partial charge in [0.1, 0.15) is 17.3 Å². The number of aromatic nitrogens is 3. The fourth-order valence-corrected chi connectivity index (χ4v) is 8.10. The van der Waals surface area contributed by atoms with Crippen LogP contribution in [0.25, 0.3) is 0 Å². The molecule has 0 radical (unpaired) electrons. The smallest absolute Gasteiger partial charge is 0.175 e. The molecule has 2 aromatic heterocycles. The van der Waals surface area contributed by atoms with Crippen molar-refractivity contribution in [2.24, 2.45) is 11.3 Å². The lowest BCUT2D eigenvalue weighted by Crippen LogP contribution is -2.43. The molecule has 7 rings (SSSR count). The first-order valence-corrected chi connectivity index (χ1v) is 14.8. The fourth-order valence-electron chi connectivity index (χ4n) is 7.24. The summed E-state index contributed by atoms with van der Waals surface area (Å²) in [6.45, 7) is 4.98. The quantitative estimate of drug-likeness (QED) is 0.586. The van der Waals surface area contributed by atoms with Crippen molar-refractivity contribution in [1.82, 2.24) is 15.0 Å². The van der Waals surface area contributed by atoms with Gasteiger partial charge in [0.2, 0.25) is 0 Å². The highest BCUT2D eigenvalue weighted by atomic mass is 32.2. The molecule has 9 nitrogen and oxygen atoms in total. The van der Waals surface area contributed by atoms with Crippen molar-refractivity contribution in [2.75, 3.05) is 56.4 Å². The highest BCUT2D eigenvalue weighted by molar-refractivity contribution is 7.99. The van der Waals surface area contributed by atoms with Crippen molar-refractivity contribution in [2.45, 2.75) is 73.1 Å². The minimum absolute atomic E-state index is 0.133. The molecule has 2 aromatic rings. The summed E-state index contributed by atoms with van der Waals surface area (Å²) in [5.41, 5.74) is 1.14. The molecule has 2 spiro atoms. The molecule has 0 bridgehead atoms. The van der Waals surface area contributed by atoms with Crippen molar-refractivity contribution < 1.29 is 19.3 Å². The maximum absolute atomic E-state index is 10.2. The van der Waals surface area contributed by atoms with E-state index in [1.165, 1.54) is 37.4 Å². The molecule has 4 fully saturated rings. The van der Waals surface area contributed by atoms with Crippen molar-refractivity contribution in [1.29, 1.82) is 0 Å². The fraction of sp³-hybridized carbons (Fsp3) is 0.679. The number of aliphatic hydroxyl groups excluding tert-OH is 1. The number of ether oxygens (including phenoxy) is 3. The topological polar surface area (TPSA) is 93.1 Å². The Labute approximate surface area is 228 Å². The lowest BCUT2D eigenvalue weighted by Gasteiger charge is -2.42. The van der Waals surface area contributed by atoms with Gasteiger partial charge in [0.15, 0.2) is 17.4 Å². The van der Waals surface area contributed by atoms with Crippen LogP contribution in [0.15, 0.2) is 28.4 Å². The highest BCUT2D eigenvalue weighted by Gasteiger charge is 2.53. The van der Waals surface area contributed by atoms with Crippen molar-refractivity contribution >= 4 is 23.4 Å². The zero-order valence-corrected chi connectivity index (χ0v) is 22.9. The summed E-state index contributed by atoms with van der Waals surface area (Å²) in [4.78, 5) is 19.9. The lowest BCUT2D eigenvalue weighted by molar-refractivity contribution is -0.0571. The van der Waals surface area contributed by atoms with Gasteiger partial charge in [-0.15, -0.1) is 0 Å². The molecule has 1 saturated carbocycles. The summed E-state index contributed by atoms with van der Waals surface area (Å²) in [6.07, 6.45) is 11.9. The average molecular weight is 540 g/mol. The van der Waals surface area contributed by atoms with Gasteiger partial charge >= 0.3 is 0 Å². The highest BCUT2D eigenvalue weighted by Crippen LogP contribution is 2.54. The van der Waals surface area contributed by atoms with E-state index in [0.717, 1.165) is 79.4 Å². The van der Waals surface area contributed by atoms with Crippen LogP contribution < -0.4 is 14.5 Å². The molecular formula is C28H37N5O4S. The van der Waals surface area contributed by atoms with E-state index >= 15 is 0 Å². The molecule has 1 aliphatic carbocycles. The molecule has 38 heavy (non-hydrogen) atoms. The van der Waals surface area contributed by atoms with E-state index in [4.69, 9.17) is 24.2 Å². The number of hydrogen-bond acceptors (Lipinski definition) is 10. The van der Waals surface area contributed by atoms with Crippen LogP contribution in [-0.2, 0) is 16.1 Å². The second-order valence-corrected chi connectivity index (χ2v) is 12.9. The van der Waals surface area contributed by atoms with Crippen LogP contribution >= 0.6 is 11.8 Å². The number of rotatable bonds is 6. The summed E-state index contributed by atoms with van der Waals surface area (Å²) in [7, 11) is 1.76. The summed E-state index contributed by atoms with van der Waals surface area (Å²) in [5.74, 6) is 3.01. The van der Waals surface area contributed by atoms with Crippen LogP contribution in [0.1, 0.15) is 50.6 Å². The van der Waals surface area contributed by atoms with Crippen LogP contribution in [0, 0.1) is 11.3 Å². The molecule has 3 saturated heterocycles. The van der Waals surface area contributed by atoms with Gasteiger partial charge < -0.3 is 29.1 Å². The Kier molecular flexibility index (Phi) is 6.41. The van der Waals surface area contributed by atoms with E-state index in [-0.39, 0.29) is 12.2 Å². The Morgan fingerprint density at radius 1 is 1.18 bits per heavy atom. The molecule has 10 heteroatoms. The lowest BCUT2D eigenvalue weighted by atomic mass is 9.68. The van der Waals surface area contributed by atoms with Crippen molar-refractivity contribution in [3.63, 3.8) is 0 Å². The summed E-state index contributed by atoms with van der Waals surface area (Å²) >= 11 is 1.52. The van der Waals surface area contributed by atoms with Gasteiger partial charge in [-0.05, 0) is 56.4 Å². The number of aliphatic hydroxyl groups is 1. The molecule has 0 aromatic carbocycles. The van der Waals surface area contributed by atoms with Crippen LogP contribution in [0.2, 0.25) is 0 Å². The average Bonchev–Trinajstić information content (AvgIpc) is 3.52. The Morgan fingerprint density at radius 3 is 2.79 bits per heavy atom. The van der Waals surface area contributed by atoms with Crippen molar-refractivity contribution in [3.8, 4) is 5.75 Å². The number of methoxy groups -OCH3 is 1. The van der Waals surface area contributed by atoms with Gasteiger partial charge in [-0.25, -0.2) is 15.0 Å². The second-order valence-electron chi connectivity index (χ2n) is 11.9. The number of anilines is 2. The van der Waals surface area contributed by atoms with E-state index in [9.17, 15) is 5.11 Å². The Hall–Kier alpha value is -2.14. The molecule has 2 unspecified atom stereocenters. The molecule has 2 atom stereocenters.